The van der Waals surface area contributed by atoms with E-state index in [9.17, 15) is 21.6 Å². The first-order valence-corrected chi connectivity index (χ1v) is 6.99. The first-order chi connectivity index (χ1) is 9.19. The first-order valence-electron chi connectivity index (χ1n) is 5.38. The van der Waals surface area contributed by atoms with Gasteiger partial charge in [0.1, 0.15) is 0 Å². The zero-order valence-corrected chi connectivity index (χ0v) is 10.8. The molecule has 1 heterocycles. The van der Waals surface area contributed by atoms with Crippen LogP contribution in [0.25, 0.3) is 5.69 Å². The van der Waals surface area contributed by atoms with Crippen LogP contribution in [0.3, 0.4) is 0 Å². The second kappa shape index (κ2) is 4.91. The molecule has 0 aliphatic rings. The largest absolute Gasteiger partial charge is 0.410 e. The summed E-state index contributed by atoms with van der Waals surface area (Å²) in [7, 11) is -4.82. The molecular formula is C11H10F3N3O2S. The number of benzene rings is 1. The molecule has 20 heavy (non-hydrogen) atoms. The van der Waals surface area contributed by atoms with Gasteiger partial charge in [0.05, 0.1) is 11.9 Å². The van der Waals surface area contributed by atoms with Gasteiger partial charge < -0.3 is 0 Å². The van der Waals surface area contributed by atoms with Gasteiger partial charge >= 0.3 is 6.18 Å². The van der Waals surface area contributed by atoms with Crippen LogP contribution in [0.2, 0.25) is 0 Å². The molecule has 0 aliphatic heterocycles. The smallest absolute Gasteiger partial charge is 0.241 e. The molecule has 1 unspecified atom stereocenters. The third kappa shape index (κ3) is 2.99. The highest BCUT2D eigenvalue weighted by molar-refractivity contribution is 7.89. The van der Waals surface area contributed by atoms with Gasteiger partial charge in [-0.2, -0.15) is 18.3 Å². The summed E-state index contributed by atoms with van der Waals surface area (Å²) < 4.78 is 61.9. The number of aromatic nitrogens is 2. The molecular weight excluding hydrogens is 295 g/mol. The fourth-order valence-corrected chi connectivity index (χ4v) is 2.63. The molecule has 0 bridgehead atoms. The van der Waals surface area contributed by atoms with E-state index < -0.39 is 27.0 Å². The quantitative estimate of drug-likeness (QED) is 0.938. The van der Waals surface area contributed by atoms with Crippen molar-refractivity contribution in [3.8, 4) is 5.69 Å². The molecule has 0 fully saturated rings. The highest BCUT2D eigenvalue weighted by atomic mass is 32.2. The Bertz CT molecular complexity index is 695. The number of para-hydroxylation sites is 1. The van der Waals surface area contributed by atoms with E-state index in [-0.39, 0.29) is 0 Å². The van der Waals surface area contributed by atoms with Gasteiger partial charge in [0.2, 0.25) is 10.0 Å². The number of hydrogen-bond acceptors (Lipinski definition) is 3. The van der Waals surface area contributed by atoms with E-state index in [4.69, 9.17) is 0 Å². The Labute approximate surface area is 112 Å². The third-order valence-electron chi connectivity index (χ3n) is 2.55. The van der Waals surface area contributed by atoms with E-state index in [1.54, 1.807) is 30.3 Å². The predicted octanol–water partition coefficient (Wildman–Crippen LogP) is 1.76. The monoisotopic (exact) mass is 305 g/mol. The Morgan fingerprint density at radius 3 is 2.30 bits per heavy atom. The number of rotatable bonds is 3. The molecule has 1 aromatic heterocycles. The SMILES string of the molecule is NS(=O)(=O)C(c1cnn(-c2ccccc2)c1)C(F)(F)F. The van der Waals surface area contributed by atoms with Crippen LogP contribution in [0, 0.1) is 0 Å². The molecule has 2 N–H and O–H groups in total. The topological polar surface area (TPSA) is 78.0 Å². The molecule has 1 atom stereocenters. The number of halogens is 3. The van der Waals surface area contributed by atoms with Gasteiger partial charge in [-0.25, -0.2) is 18.2 Å². The summed E-state index contributed by atoms with van der Waals surface area (Å²) in [5.41, 5.74) is -0.0158. The number of nitrogens with two attached hydrogens (primary N) is 1. The van der Waals surface area contributed by atoms with Crippen molar-refractivity contribution in [2.24, 2.45) is 5.14 Å². The van der Waals surface area contributed by atoms with Gasteiger partial charge in [-0.05, 0) is 12.1 Å². The minimum absolute atomic E-state index is 0.508. The molecule has 9 heteroatoms. The highest BCUT2D eigenvalue weighted by Crippen LogP contribution is 2.37. The van der Waals surface area contributed by atoms with Crippen LogP contribution < -0.4 is 5.14 Å². The molecule has 0 radical (unpaired) electrons. The third-order valence-corrected chi connectivity index (χ3v) is 3.75. The average molecular weight is 305 g/mol. The summed E-state index contributed by atoms with van der Waals surface area (Å²) in [4.78, 5) is 0. The molecule has 2 aromatic rings. The van der Waals surface area contributed by atoms with Crippen LogP contribution in [0.5, 0.6) is 0 Å². The van der Waals surface area contributed by atoms with E-state index in [0.717, 1.165) is 17.1 Å². The van der Waals surface area contributed by atoms with E-state index in [1.165, 1.54) is 0 Å². The van der Waals surface area contributed by atoms with Gasteiger partial charge in [0.15, 0.2) is 5.25 Å². The fraction of sp³-hybridized carbons (Fsp3) is 0.182. The Hall–Kier alpha value is -1.87. The number of alkyl halides is 3. The van der Waals surface area contributed by atoms with Crippen molar-refractivity contribution in [3.63, 3.8) is 0 Å². The van der Waals surface area contributed by atoms with Gasteiger partial charge in [-0.15, -0.1) is 0 Å². The molecule has 0 saturated heterocycles. The van der Waals surface area contributed by atoms with Crippen LogP contribution in [-0.2, 0) is 10.0 Å². The normalized spacial score (nSPS) is 14.2. The summed E-state index contributed by atoms with van der Waals surface area (Å²) in [6.45, 7) is 0. The first kappa shape index (κ1) is 14.5. The van der Waals surface area contributed by atoms with Crippen molar-refractivity contribution in [2.75, 3.05) is 0 Å². The second-order valence-electron chi connectivity index (χ2n) is 4.06. The minimum Gasteiger partial charge on any atom is -0.241 e. The summed E-state index contributed by atoms with van der Waals surface area (Å²) >= 11 is 0. The molecule has 0 saturated carbocycles. The van der Waals surface area contributed by atoms with Crippen molar-refractivity contribution >= 4 is 10.0 Å². The maximum atomic E-state index is 12.8. The Morgan fingerprint density at radius 2 is 1.80 bits per heavy atom. The minimum atomic E-state index is -5.00. The Kier molecular flexibility index (Phi) is 3.57. The lowest BCUT2D eigenvalue weighted by molar-refractivity contribution is -0.131. The highest BCUT2D eigenvalue weighted by Gasteiger charge is 2.49. The summed E-state index contributed by atoms with van der Waals surface area (Å²) in [5, 5.41) is 5.61. The summed E-state index contributed by atoms with van der Waals surface area (Å²) in [5.74, 6) is 0. The molecule has 108 valence electrons. The zero-order valence-electron chi connectivity index (χ0n) is 9.95. The van der Waals surface area contributed by atoms with Gasteiger partial charge in [-0.1, -0.05) is 18.2 Å². The van der Waals surface area contributed by atoms with E-state index in [1.807, 2.05) is 0 Å². The lowest BCUT2D eigenvalue weighted by Gasteiger charge is -2.16. The molecule has 0 spiro atoms. The van der Waals surface area contributed by atoms with Crippen LogP contribution >= 0.6 is 0 Å². The van der Waals surface area contributed by atoms with E-state index in [2.05, 4.69) is 10.2 Å². The van der Waals surface area contributed by atoms with Crippen molar-refractivity contribution in [1.82, 2.24) is 9.78 Å². The number of sulfonamides is 1. The van der Waals surface area contributed by atoms with Crippen LogP contribution in [0.4, 0.5) is 13.2 Å². The predicted molar refractivity (Wildman–Crippen MR) is 65.5 cm³/mol. The molecule has 2 rings (SSSR count). The van der Waals surface area contributed by atoms with Gasteiger partial charge in [-0.3, -0.25) is 0 Å². The lowest BCUT2D eigenvalue weighted by Crippen LogP contribution is -2.33. The van der Waals surface area contributed by atoms with E-state index in [0.29, 0.717) is 5.69 Å². The molecule has 5 nitrogen and oxygen atoms in total. The van der Waals surface area contributed by atoms with Crippen molar-refractivity contribution in [1.29, 1.82) is 0 Å². The maximum Gasteiger partial charge on any atom is 0.410 e. The lowest BCUT2D eigenvalue weighted by atomic mass is 10.2. The zero-order chi connectivity index (χ0) is 15.0. The van der Waals surface area contributed by atoms with Gasteiger partial charge in [0.25, 0.3) is 0 Å². The van der Waals surface area contributed by atoms with Crippen LogP contribution in [0.15, 0.2) is 42.7 Å². The molecule has 1 aromatic carbocycles. The number of nitrogens with zero attached hydrogens (tertiary/aromatic N) is 2. The van der Waals surface area contributed by atoms with Crippen LogP contribution in [-0.4, -0.2) is 24.4 Å². The molecule has 0 amide bonds. The number of primary sulfonamides is 1. The van der Waals surface area contributed by atoms with Crippen molar-refractivity contribution in [2.45, 2.75) is 11.4 Å². The van der Waals surface area contributed by atoms with Crippen LogP contribution in [0.1, 0.15) is 10.8 Å². The standard InChI is InChI=1S/C11H10F3N3O2S/c12-11(13,14)10(20(15,18)19)8-6-16-17(7-8)9-4-2-1-3-5-9/h1-7,10H,(H2,15,18,19). The second-order valence-corrected chi connectivity index (χ2v) is 5.71. The summed E-state index contributed by atoms with van der Waals surface area (Å²) in [6, 6.07) is 8.33. The molecule has 0 aliphatic carbocycles. The maximum absolute atomic E-state index is 12.8. The number of hydrogen-bond donors (Lipinski definition) is 1. The fourth-order valence-electron chi connectivity index (χ4n) is 1.76. The average Bonchev–Trinajstić information content (AvgIpc) is 2.75. The summed E-state index contributed by atoms with van der Waals surface area (Å²) in [6.07, 6.45) is -3.16. The van der Waals surface area contributed by atoms with Crippen molar-refractivity contribution < 1.29 is 21.6 Å². The Morgan fingerprint density at radius 1 is 1.20 bits per heavy atom. The van der Waals surface area contributed by atoms with E-state index >= 15 is 0 Å². The Balaban J connectivity index is 2.46. The van der Waals surface area contributed by atoms with Crippen molar-refractivity contribution in [3.05, 3.63) is 48.3 Å². The van der Waals surface area contributed by atoms with Gasteiger partial charge in [0, 0.05) is 11.8 Å².